The van der Waals surface area contributed by atoms with Crippen LogP contribution in [0.4, 0.5) is 0 Å². The van der Waals surface area contributed by atoms with E-state index in [9.17, 15) is 0 Å². The van der Waals surface area contributed by atoms with E-state index in [1.54, 1.807) is 5.51 Å². The van der Waals surface area contributed by atoms with Crippen LogP contribution in [0.1, 0.15) is 5.56 Å². The highest BCUT2D eigenvalue weighted by molar-refractivity contribution is 7.07. The number of nitrogens with zero attached hydrogens (tertiary/aromatic N) is 4. The number of fused-ring (bicyclic) bond motifs is 1. The van der Waals surface area contributed by atoms with Crippen molar-refractivity contribution in [2.24, 2.45) is 0 Å². The summed E-state index contributed by atoms with van der Waals surface area (Å²) in [5, 5.41) is 6.95. The lowest BCUT2D eigenvalue weighted by Crippen LogP contribution is -1.88. The summed E-state index contributed by atoms with van der Waals surface area (Å²) < 4.78 is 5.24. The van der Waals surface area contributed by atoms with E-state index in [-0.39, 0.29) is 0 Å². The molecule has 5 nitrogen and oxygen atoms in total. The van der Waals surface area contributed by atoms with E-state index in [1.807, 2.05) is 29.6 Å². The zero-order valence-electron chi connectivity index (χ0n) is 11.1. The van der Waals surface area contributed by atoms with Crippen LogP contribution < -0.4 is 0 Å². The molecule has 0 unspecified atom stereocenters. The molecule has 0 fully saturated rings. The highest BCUT2D eigenvalue weighted by atomic mass is 32.1. The predicted octanol–water partition coefficient (Wildman–Crippen LogP) is 3.72. The van der Waals surface area contributed by atoms with Gasteiger partial charge in [0.2, 0.25) is 5.82 Å². The Balaban J connectivity index is 1.78. The Morgan fingerprint density at radius 3 is 2.86 bits per heavy atom. The standard InChI is InChI=1S/C15H10N4OS/c1-9-2-4-11-10(6-9)3-5-12(17-11)14-18-15(20-19-14)13-7-21-8-16-13/h2-8H,1H3. The molecule has 21 heavy (non-hydrogen) atoms. The molecule has 0 amide bonds. The van der Waals surface area contributed by atoms with E-state index in [2.05, 4.69) is 33.1 Å². The van der Waals surface area contributed by atoms with Gasteiger partial charge in [0.1, 0.15) is 11.4 Å². The molecule has 3 heterocycles. The second-order valence-corrected chi connectivity index (χ2v) is 5.41. The third kappa shape index (κ3) is 2.19. The van der Waals surface area contributed by atoms with Crippen LogP contribution in [0.2, 0.25) is 0 Å². The van der Waals surface area contributed by atoms with Gasteiger partial charge in [0, 0.05) is 10.8 Å². The predicted molar refractivity (Wildman–Crippen MR) is 80.9 cm³/mol. The van der Waals surface area contributed by atoms with Crippen molar-refractivity contribution < 1.29 is 4.52 Å². The van der Waals surface area contributed by atoms with Gasteiger partial charge in [0.25, 0.3) is 5.89 Å². The van der Waals surface area contributed by atoms with Gasteiger partial charge in [0.15, 0.2) is 0 Å². The van der Waals surface area contributed by atoms with Crippen LogP contribution in [-0.2, 0) is 0 Å². The number of rotatable bonds is 2. The maximum atomic E-state index is 5.24. The van der Waals surface area contributed by atoms with Crippen LogP contribution in [0, 0.1) is 6.92 Å². The summed E-state index contributed by atoms with van der Waals surface area (Å²) in [5.41, 5.74) is 5.24. The summed E-state index contributed by atoms with van der Waals surface area (Å²) in [4.78, 5) is 13.1. The number of aryl methyl sites for hydroxylation is 1. The van der Waals surface area contributed by atoms with Gasteiger partial charge >= 0.3 is 0 Å². The van der Waals surface area contributed by atoms with Crippen LogP contribution in [0.3, 0.4) is 0 Å². The molecule has 0 aliphatic carbocycles. The lowest BCUT2D eigenvalue weighted by molar-refractivity contribution is 0.431. The first kappa shape index (κ1) is 12.2. The molecule has 0 N–H and O–H groups in total. The molecule has 0 bridgehead atoms. The third-order valence-electron chi connectivity index (χ3n) is 3.15. The summed E-state index contributed by atoms with van der Waals surface area (Å²) >= 11 is 1.49. The molecule has 0 aliphatic heterocycles. The second-order valence-electron chi connectivity index (χ2n) is 4.69. The van der Waals surface area contributed by atoms with Gasteiger partial charge in [-0.3, -0.25) is 0 Å². The fourth-order valence-electron chi connectivity index (χ4n) is 2.12. The van der Waals surface area contributed by atoms with Crippen molar-refractivity contribution in [3.05, 3.63) is 46.8 Å². The van der Waals surface area contributed by atoms with Gasteiger partial charge in [-0.2, -0.15) is 4.98 Å². The lowest BCUT2D eigenvalue weighted by Gasteiger charge is -2.00. The molecule has 0 spiro atoms. The fourth-order valence-corrected chi connectivity index (χ4v) is 2.65. The fraction of sp³-hybridized carbons (Fsp3) is 0.0667. The van der Waals surface area contributed by atoms with Gasteiger partial charge < -0.3 is 4.52 Å². The molecular weight excluding hydrogens is 284 g/mol. The number of hydrogen-bond donors (Lipinski definition) is 0. The first-order valence-electron chi connectivity index (χ1n) is 6.40. The average Bonchev–Trinajstić information content (AvgIpc) is 3.17. The molecule has 4 aromatic rings. The quantitative estimate of drug-likeness (QED) is 0.564. The van der Waals surface area contributed by atoms with Crippen molar-refractivity contribution in [1.82, 2.24) is 20.1 Å². The molecule has 102 valence electrons. The highest BCUT2D eigenvalue weighted by Gasteiger charge is 2.13. The zero-order chi connectivity index (χ0) is 14.2. The van der Waals surface area contributed by atoms with Crippen molar-refractivity contribution in [3.63, 3.8) is 0 Å². The van der Waals surface area contributed by atoms with Crippen LogP contribution >= 0.6 is 11.3 Å². The van der Waals surface area contributed by atoms with Crippen LogP contribution in [0.15, 0.2) is 45.7 Å². The van der Waals surface area contributed by atoms with Gasteiger partial charge in [-0.15, -0.1) is 11.3 Å². The zero-order valence-corrected chi connectivity index (χ0v) is 12.0. The Labute approximate surface area is 124 Å². The molecule has 0 radical (unpaired) electrons. The van der Waals surface area contributed by atoms with Gasteiger partial charge in [-0.25, -0.2) is 9.97 Å². The maximum Gasteiger partial charge on any atom is 0.277 e. The normalized spacial score (nSPS) is 11.1. The molecule has 0 atom stereocenters. The Bertz CT molecular complexity index is 914. The summed E-state index contributed by atoms with van der Waals surface area (Å²) in [6, 6.07) is 10.1. The van der Waals surface area contributed by atoms with E-state index in [1.165, 1.54) is 16.9 Å². The van der Waals surface area contributed by atoms with Gasteiger partial charge in [-0.1, -0.05) is 22.9 Å². The molecule has 1 aromatic carbocycles. The van der Waals surface area contributed by atoms with E-state index in [0.29, 0.717) is 23.1 Å². The Morgan fingerprint density at radius 2 is 2.00 bits per heavy atom. The van der Waals surface area contributed by atoms with Crippen molar-refractivity contribution >= 4 is 22.2 Å². The highest BCUT2D eigenvalue weighted by Crippen LogP contribution is 2.23. The first-order chi connectivity index (χ1) is 10.3. The average molecular weight is 294 g/mol. The molecule has 0 aliphatic rings. The number of aromatic nitrogens is 4. The number of hydrogen-bond acceptors (Lipinski definition) is 6. The van der Waals surface area contributed by atoms with Crippen molar-refractivity contribution in [2.75, 3.05) is 0 Å². The summed E-state index contributed by atoms with van der Waals surface area (Å²) in [7, 11) is 0. The smallest absolute Gasteiger partial charge is 0.277 e. The van der Waals surface area contributed by atoms with Crippen LogP contribution in [0.5, 0.6) is 0 Å². The van der Waals surface area contributed by atoms with Crippen LogP contribution in [-0.4, -0.2) is 20.1 Å². The Hall–Kier alpha value is -2.60. The minimum Gasteiger partial charge on any atom is -0.332 e. The molecule has 0 saturated heterocycles. The number of benzene rings is 1. The molecule has 0 saturated carbocycles. The summed E-state index contributed by atoms with van der Waals surface area (Å²) in [5.74, 6) is 0.887. The van der Waals surface area contributed by atoms with Crippen molar-refractivity contribution in [1.29, 1.82) is 0 Å². The van der Waals surface area contributed by atoms with Gasteiger partial charge in [-0.05, 0) is 25.1 Å². The van der Waals surface area contributed by atoms with E-state index >= 15 is 0 Å². The first-order valence-corrected chi connectivity index (χ1v) is 7.34. The van der Waals surface area contributed by atoms with Crippen molar-refractivity contribution in [3.8, 4) is 23.1 Å². The SMILES string of the molecule is Cc1ccc2nc(-c3noc(-c4cscn4)n3)ccc2c1. The van der Waals surface area contributed by atoms with E-state index in [4.69, 9.17) is 4.52 Å². The monoisotopic (exact) mass is 294 g/mol. The van der Waals surface area contributed by atoms with Crippen molar-refractivity contribution in [2.45, 2.75) is 6.92 Å². The maximum absolute atomic E-state index is 5.24. The second kappa shape index (κ2) is 4.75. The Kier molecular flexibility index (Phi) is 2.75. The molecule has 4 rings (SSSR count). The molecule has 6 heteroatoms. The number of pyridine rings is 1. The van der Waals surface area contributed by atoms with E-state index in [0.717, 1.165) is 10.9 Å². The lowest BCUT2D eigenvalue weighted by atomic mass is 10.1. The summed E-state index contributed by atoms with van der Waals surface area (Å²) in [6.07, 6.45) is 0. The minimum atomic E-state index is 0.414. The Morgan fingerprint density at radius 1 is 1.05 bits per heavy atom. The molecular formula is C15H10N4OS. The topological polar surface area (TPSA) is 64.7 Å². The summed E-state index contributed by atoms with van der Waals surface area (Å²) in [6.45, 7) is 2.06. The largest absolute Gasteiger partial charge is 0.332 e. The van der Waals surface area contributed by atoms with Crippen LogP contribution in [0.25, 0.3) is 34.0 Å². The number of thiazole rings is 1. The van der Waals surface area contributed by atoms with Gasteiger partial charge in [0.05, 0.1) is 11.0 Å². The third-order valence-corrected chi connectivity index (χ3v) is 3.74. The minimum absolute atomic E-state index is 0.414. The molecule has 3 aromatic heterocycles. The van der Waals surface area contributed by atoms with E-state index < -0.39 is 0 Å².